The van der Waals surface area contributed by atoms with Crippen molar-refractivity contribution in [1.29, 1.82) is 0 Å². The molecule has 3 aromatic rings. The number of thiophene rings is 1. The Kier molecular flexibility index (Phi) is 5.50. The zero-order chi connectivity index (χ0) is 21.3. The number of hydrogen-bond acceptors (Lipinski definition) is 5. The second-order valence-corrected chi connectivity index (χ2v) is 8.60. The maximum Gasteiger partial charge on any atom is 0.313 e. The number of primary amides is 1. The van der Waals surface area contributed by atoms with E-state index >= 15 is 0 Å². The molecular weight excluding hydrogens is 400 g/mol. The molecule has 30 heavy (non-hydrogen) atoms. The topological polar surface area (TPSA) is 105 Å². The van der Waals surface area contributed by atoms with Crippen LogP contribution >= 0.6 is 11.3 Å². The van der Waals surface area contributed by atoms with E-state index in [4.69, 9.17) is 5.73 Å². The highest BCUT2D eigenvalue weighted by atomic mass is 32.1. The zero-order valence-corrected chi connectivity index (χ0v) is 17.3. The second-order valence-electron chi connectivity index (χ2n) is 7.65. The highest BCUT2D eigenvalue weighted by Gasteiger charge is 2.34. The van der Waals surface area contributed by atoms with Gasteiger partial charge < -0.3 is 16.0 Å². The number of benzene rings is 1. The zero-order valence-electron chi connectivity index (χ0n) is 16.5. The van der Waals surface area contributed by atoms with Crippen LogP contribution in [0.15, 0.2) is 48.1 Å². The first-order chi connectivity index (χ1) is 14.4. The summed E-state index contributed by atoms with van der Waals surface area (Å²) >= 11 is 1.68. The van der Waals surface area contributed by atoms with Gasteiger partial charge in [0.15, 0.2) is 0 Å². The van der Waals surface area contributed by atoms with Crippen molar-refractivity contribution >= 4 is 44.8 Å². The fraction of sp³-hybridized carbons (Fsp3) is 0.273. The first-order valence-corrected chi connectivity index (χ1v) is 10.6. The van der Waals surface area contributed by atoms with Crippen molar-refractivity contribution in [2.24, 2.45) is 11.7 Å². The Labute approximate surface area is 177 Å². The smallest absolute Gasteiger partial charge is 0.313 e. The number of pyridine rings is 1. The van der Waals surface area contributed by atoms with E-state index in [1.807, 2.05) is 11.4 Å². The summed E-state index contributed by atoms with van der Waals surface area (Å²) in [5, 5.41) is 5.73. The lowest BCUT2D eigenvalue weighted by molar-refractivity contribution is -0.146. The standard InChI is InChI=1S/C22H22N4O3S/c1-13-2-4-18(14-3-5-19-15(8-14)6-7-30-19)26(12-13)22(29)21(28)25-17-9-16(20(23)27)10-24-11-17/h3,5-11,13,18H,2,4,12H2,1H3,(H2,23,27)(H,25,28)/t13-,18+/m1/s1. The van der Waals surface area contributed by atoms with Gasteiger partial charge in [0.25, 0.3) is 0 Å². The minimum absolute atomic E-state index is 0.154. The lowest BCUT2D eigenvalue weighted by atomic mass is 9.89. The predicted octanol–water partition coefficient (Wildman–Crippen LogP) is 3.33. The van der Waals surface area contributed by atoms with Gasteiger partial charge in [-0.3, -0.25) is 19.4 Å². The molecule has 0 saturated carbocycles. The number of anilines is 1. The molecular formula is C22H22N4O3S. The Hall–Kier alpha value is -3.26. The van der Waals surface area contributed by atoms with Crippen molar-refractivity contribution in [3.63, 3.8) is 0 Å². The van der Waals surface area contributed by atoms with Gasteiger partial charge >= 0.3 is 11.8 Å². The highest BCUT2D eigenvalue weighted by molar-refractivity contribution is 7.17. The molecule has 8 heteroatoms. The molecule has 3 N–H and O–H groups in total. The number of carbonyl (C=O) groups excluding carboxylic acids is 3. The van der Waals surface area contributed by atoms with Gasteiger partial charge in [-0.05, 0) is 59.4 Å². The summed E-state index contributed by atoms with van der Waals surface area (Å²) in [5.74, 6) is -1.70. The molecule has 1 fully saturated rings. The fourth-order valence-electron chi connectivity index (χ4n) is 3.87. The van der Waals surface area contributed by atoms with Gasteiger partial charge in [-0.15, -0.1) is 11.3 Å². The van der Waals surface area contributed by atoms with Gasteiger partial charge in [-0.1, -0.05) is 13.0 Å². The van der Waals surface area contributed by atoms with Crippen LogP contribution in [0.5, 0.6) is 0 Å². The molecule has 4 rings (SSSR count). The molecule has 1 saturated heterocycles. The first-order valence-electron chi connectivity index (χ1n) is 9.76. The fourth-order valence-corrected chi connectivity index (χ4v) is 4.64. The minimum Gasteiger partial charge on any atom is -0.366 e. The van der Waals surface area contributed by atoms with E-state index in [1.165, 1.54) is 23.2 Å². The van der Waals surface area contributed by atoms with Crippen LogP contribution < -0.4 is 11.1 Å². The van der Waals surface area contributed by atoms with E-state index in [1.54, 1.807) is 16.2 Å². The lowest BCUT2D eigenvalue weighted by Crippen LogP contribution is -2.46. The average molecular weight is 423 g/mol. The van der Waals surface area contributed by atoms with E-state index in [-0.39, 0.29) is 17.3 Å². The number of rotatable bonds is 3. The van der Waals surface area contributed by atoms with Crippen molar-refractivity contribution in [2.45, 2.75) is 25.8 Å². The van der Waals surface area contributed by atoms with E-state index in [0.717, 1.165) is 23.8 Å². The van der Waals surface area contributed by atoms with Gasteiger partial charge in [0.2, 0.25) is 5.91 Å². The molecule has 2 aromatic heterocycles. The lowest BCUT2D eigenvalue weighted by Gasteiger charge is -2.38. The van der Waals surface area contributed by atoms with Crippen LogP contribution in [0.1, 0.15) is 41.7 Å². The summed E-state index contributed by atoms with van der Waals surface area (Å²) in [4.78, 5) is 42.6. The highest BCUT2D eigenvalue weighted by Crippen LogP contribution is 2.35. The summed E-state index contributed by atoms with van der Waals surface area (Å²) in [7, 11) is 0. The predicted molar refractivity (Wildman–Crippen MR) is 116 cm³/mol. The molecule has 3 amide bonds. The maximum absolute atomic E-state index is 13.1. The molecule has 1 aliphatic heterocycles. The number of hydrogen-bond donors (Lipinski definition) is 2. The summed E-state index contributed by atoms with van der Waals surface area (Å²) in [6.45, 7) is 2.59. The molecule has 0 aliphatic carbocycles. The number of nitrogens with zero attached hydrogens (tertiary/aromatic N) is 2. The van der Waals surface area contributed by atoms with Crippen LogP contribution in [-0.4, -0.2) is 34.2 Å². The number of amides is 3. The SMILES string of the molecule is C[C@@H]1CC[C@@H](c2ccc3sccc3c2)N(C(=O)C(=O)Nc2cncc(C(N)=O)c2)C1. The van der Waals surface area contributed by atoms with E-state index in [9.17, 15) is 14.4 Å². The molecule has 7 nitrogen and oxygen atoms in total. The molecule has 0 bridgehead atoms. The molecule has 0 unspecified atom stereocenters. The molecule has 0 spiro atoms. The van der Waals surface area contributed by atoms with E-state index in [0.29, 0.717) is 12.5 Å². The minimum atomic E-state index is -0.755. The summed E-state index contributed by atoms with van der Waals surface area (Å²) in [6.07, 6.45) is 4.47. The average Bonchev–Trinajstić information content (AvgIpc) is 3.21. The quantitative estimate of drug-likeness (QED) is 0.632. The normalized spacial score (nSPS) is 18.9. The van der Waals surface area contributed by atoms with Crippen LogP contribution in [0.25, 0.3) is 10.1 Å². The third-order valence-corrected chi connectivity index (χ3v) is 6.31. The Morgan fingerprint density at radius 2 is 2.00 bits per heavy atom. The van der Waals surface area contributed by atoms with Crippen LogP contribution in [0.3, 0.4) is 0 Å². The monoisotopic (exact) mass is 422 g/mol. The van der Waals surface area contributed by atoms with Crippen molar-refractivity contribution in [3.05, 3.63) is 59.2 Å². The van der Waals surface area contributed by atoms with Gasteiger partial charge in [-0.25, -0.2) is 0 Å². The molecule has 1 aromatic carbocycles. The number of piperidine rings is 1. The number of fused-ring (bicyclic) bond motifs is 1. The number of aromatic nitrogens is 1. The number of nitrogens with one attached hydrogen (secondary N) is 1. The molecule has 3 heterocycles. The van der Waals surface area contributed by atoms with Crippen LogP contribution in [0.4, 0.5) is 5.69 Å². The van der Waals surface area contributed by atoms with Gasteiger partial charge in [-0.2, -0.15) is 0 Å². The van der Waals surface area contributed by atoms with Crippen LogP contribution in [-0.2, 0) is 9.59 Å². The summed E-state index contributed by atoms with van der Waals surface area (Å²) in [6, 6.07) is 9.52. The molecule has 2 atom stereocenters. The Balaban J connectivity index is 1.56. The van der Waals surface area contributed by atoms with Gasteiger partial charge in [0.1, 0.15) is 0 Å². The third-order valence-electron chi connectivity index (χ3n) is 5.41. The summed E-state index contributed by atoms with van der Waals surface area (Å²) < 4.78 is 1.19. The molecule has 1 aliphatic rings. The maximum atomic E-state index is 13.1. The molecule has 0 radical (unpaired) electrons. The first kappa shape index (κ1) is 20.0. The van der Waals surface area contributed by atoms with Crippen LogP contribution in [0, 0.1) is 5.92 Å². The van der Waals surface area contributed by atoms with Crippen molar-refractivity contribution in [2.75, 3.05) is 11.9 Å². The van der Waals surface area contributed by atoms with Gasteiger partial charge in [0, 0.05) is 17.4 Å². The van der Waals surface area contributed by atoms with Crippen LogP contribution in [0.2, 0.25) is 0 Å². The van der Waals surface area contributed by atoms with E-state index < -0.39 is 17.7 Å². The van der Waals surface area contributed by atoms with E-state index in [2.05, 4.69) is 35.4 Å². The van der Waals surface area contributed by atoms with Crippen molar-refractivity contribution < 1.29 is 14.4 Å². The summed E-state index contributed by atoms with van der Waals surface area (Å²) in [5.41, 5.74) is 6.70. The Morgan fingerprint density at radius 1 is 1.17 bits per heavy atom. The number of carbonyl (C=O) groups is 3. The Bertz CT molecular complexity index is 1130. The number of nitrogens with two attached hydrogens (primary N) is 1. The molecule has 154 valence electrons. The second kappa shape index (κ2) is 8.23. The van der Waals surface area contributed by atoms with Gasteiger partial charge in [0.05, 0.1) is 23.5 Å². The van der Waals surface area contributed by atoms with Crippen molar-refractivity contribution in [1.82, 2.24) is 9.88 Å². The largest absolute Gasteiger partial charge is 0.366 e. The van der Waals surface area contributed by atoms with Crippen molar-refractivity contribution in [3.8, 4) is 0 Å². The number of likely N-dealkylation sites (tertiary alicyclic amines) is 1. The third kappa shape index (κ3) is 4.04. The Morgan fingerprint density at radius 3 is 2.80 bits per heavy atom.